The summed E-state index contributed by atoms with van der Waals surface area (Å²) in [5, 5.41) is 8.91. The summed E-state index contributed by atoms with van der Waals surface area (Å²) in [6.45, 7) is 2.01. The van der Waals surface area contributed by atoms with Gasteiger partial charge in [0.25, 0.3) is 0 Å². The molecule has 2 aromatic rings. The third-order valence-corrected chi connectivity index (χ3v) is 4.59. The average molecular weight is 376 g/mol. The van der Waals surface area contributed by atoms with Crippen LogP contribution < -0.4 is 0 Å². The highest BCUT2D eigenvalue weighted by atomic mass is 79.9. The van der Waals surface area contributed by atoms with Gasteiger partial charge in [-0.15, -0.1) is 11.3 Å². The minimum absolute atomic E-state index is 0.347. The van der Waals surface area contributed by atoms with Gasteiger partial charge in [-0.3, -0.25) is 0 Å². The molecule has 0 radical (unpaired) electrons. The van der Waals surface area contributed by atoms with E-state index in [-0.39, 0.29) is 0 Å². The molecule has 2 rings (SSSR count). The van der Waals surface area contributed by atoms with Crippen LogP contribution in [0.5, 0.6) is 0 Å². The number of aryl methyl sites for hydroxylation is 1. The molecule has 1 N–H and O–H groups in total. The van der Waals surface area contributed by atoms with Gasteiger partial charge < -0.3 is 5.11 Å². The molecule has 0 aliphatic heterocycles. The van der Waals surface area contributed by atoms with Gasteiger partial charge in [0.1, 0.15) is 4.88 Å². The number of hydrogen-bond donors (Lipinski definition) is 1. The number of carboxylic acid groups (broad SMARTS) is 1. The van der Waals surface area contributed by atoms with E-state index in [2.05, 4.69) is 31.9 Å². The summed E-state index contributed by atoms with van der Waals surface area (Å²) in [4.78, 5) is 12.1. The van der Waals surface area contributed by atoms with Gasteiger partial charge in [0, 0.05) is 19.4 Å². The number of carbonyl (C=O) groups is 1. The van der Waals surface area contributed by atoms with Gasteiger partial charge in [0.05, 0.1) is 0 Å². The summed E-state index contributed by atoms with van der Waals surface area (Å²) >= 11 is 8.29. The van der Waals surface area contributed by atoms with Crippen LogP contribution in [0.25, 0.3) is 10.4 Å². The zero-order chi connectivity index (χ0) is 12.6. The van der Waals surface area contributed by atoms with Crippen molar-refractivity contribution >= 4 is 49.2 Å². The van der Waals surface area contributed by atoms with Crippen LogP contribution in [-0.4, -0.2) is 11.1 Å². The number of hydrogen-bond acceptors (Lipinski definition) is 2. The Kier molecular flexibility index (Phi) is 3.70. The normalized spacial score (nSPS) is 10.5. The Morgan fingerprint density at radius 1 is 1.24 bits per heavy atom. The second kappa shape index (κ2) is 4.92. The lowest BCUT2D eigenvalue weighted by Gasteiger charge is -2.06. The molecule has 0 amide bonds. The largest absolute Gasteiger partial charge is 0.477 e. The van der Waals surface area contributed by atoms with E-state index in [0.29, 0.717) is 4.88 Å². The van der Waals surface area contributed by atoms with E-state index >= 15 is 0 Å². The Morgan fingerprint density at radius 3 is 2.29 bits per heavy atom. The molecule has 0 unspecified atom stereocenters. The van der Waals surface area contributed by atoms with Crippen molar-refractivity contribution in [2.45, 2.75) is 6.92 Å². The fraction of sp³-hybridized carbons (Fsp3) is 0.0833. The predicted octanol–water partition coefficient (Wildman–Crippen LogP) is 4.95. The van der Waals surface area contributed by atoms with Gasteiger partial charge in [-0.2, -0.15) is 0 Å². The molecule has 1 aromatic carbocycles. The van der Waals surface area contributed by atoms with E-state index in [1.54, 1.807) is 6.07 Å². The standard InChI is InChI=1S/C12H8Br2O2S/c1-6-4-7(13)11(8(14)5-6)9-2-3-10(17-9)12(15)16/h2-5H,1H3,(H,15,16). The second-order valence-corrected chi connectivity index (χ2v) is 6.37. The van der Waals surface area contributed by atoms with Crippen LogP contribution in [0.15, 0.2) is 33.2 Å². The maximum Gasteiger partial charge on any atom is 0.345 e. The Morgan fingerprint density at radius 2 is 1.82 bits per heavy atom. The van der Waals surface area contributed by atoms with E-state index in [1.807, 2.05) is 25.1 Å². The molecule has 0 saturated carbocycles. The molecule has 0 bridgehead atoms. The SMILES string of the molecule is Cc1cc(Br)c(-c2ccc(C(=O)O)s2)c(Br)c1. The molecule has 17 heavy (non-hydrogen) atoms. The summed E-state index contributed by atoms with van der Waals surface area (Å²) in [5.41, 5.74) is 2.13. The quantitative estimate of drug-likeness (QED) is 0.806. The molecule has 88 valence electrons. The molecule has 1 heterocycles. The third kappa shape index (κ3) is 2.61. The maximum atomic E-state index is 10.9. The second-order valence-electron chi connectivity index (χ2n) is 3.57. The number of halogens is 2. The van der Waals surface area contributed by atoms with E-state index in [0.717, 1.165) is 24.9 Å². The fourth-order valence-corrected chi connectivity index (χ4v) is 4.55. The van der Waals surface area contributed by atoms with Gasteiger partial charge in [-0.25, -0.2) is 4.79 Å². The smallest absolute Gasteiger partial charge is 0.345 e. The third-order valence-electron chi connectivity index (χ3n) is 2.25. The summed E-state index contributed by atoms with van der Waals surface area (Å²) in [6.07, 6.45) is 0. The maximum absolute atomic E-state index is 10.9. The van der Waals surface area contributed by atoms with Gasteiger partial charge >= 0.3 is 5.97 Å². The lowest BCUT2D eigenvalue weighted by Crippen LogP contribution is -1.89. The van der Waals surface area contributed by atoms with Gasteiger partial charge in [0.2, 0.25) is 0 Å². The van der Waals surface area contributed by atoms with Crippen LogP contribution in [0.1, 0.15) is 15.2 Å². The van der Waals surface area contributed by atoms with E-state index < -0.39 is 5.97 Å². The van der Waals surface area contributed by atoms with Crippen molar-refractivity contribution in [3.8, 4) is 10.4 Å². The summed E-state index contributed by atoms with van der Waals surface area (Å²) < 4.78 is 1.92. The number of benzene rings is 1. The van der Waals surface area contributed by atoms with Gasteiger partial charge in [-0.05, 0) is 36.8 Å². The van der Waals surface area contributed by atoms with Crippen molar-refractivity contribution in [2.75, 3.05) is 0 Å². The molecule has 0 saturated heterocycles. The number of thiophene rings is 1. The van der Waals surface area contributed by atoms with Crippen molar-refractivity contribution in [2.24, 2.45) is 0 Å². The van der Waals surface area contributed by atoms with Crippen LogP contribution in [0.4, 0.5) is 0 Å². The highest BCUT2D eigenvalue weighted by Gasteiger charge is 2.13. The lowest BCUT2D eigenvalue weighted by molar-refractivity contribution is 0.0702. The van der Waals surface area contributed by atoms with Crippen LogP contribution in [-0.2, 0) is 0 Å². The number of aromatic carboxylic acids is 1. The Hall–Kier alpha value is -0.650. The Bertz CT molecular complexity index is 567. The van der Waals surface area contributed by atoms with Gasteiger partial charge in [0.15, 0.2) is 0 Å². The first-order valence-corrected chi connectivity index (χ1v) is 7.18. The molecule has 0 atom stereocenters. The monoisotopic (exact) mass is 374 g/mol. The molecule has 0 aliphatic carbocycles. The molecule has 1 aromatic heterocycles. The molecule has 2 nitrogen and oxygen atoms in total. The number of carboxylic acids is 1. The summed E-state index contributed by atoms with van der Waals surface area (Å²) in [7, 11) is 0. The molecular formula is C12H8Br2O2S. The molecule has 5 heteroatoms. The first-order chi connectivity index (χ1) is 7.99. The van der Waals surface area contributed by atoms with E-state index in [9.17, 15) is 4.79 Å². The fourth-order valence-electron chi connectivity index (χ4n) is 1.52. The van der Waals surface area contributed by atoms with E-state index in [4.69, 9.17) is 5.11 Å². The van der Waals surface area contributed by atoms with Crippen molar-refractivity contribution in [3.63, 3.8) is 0 Å². The zero-order valence-corrected chi connectivity index (χ0v) is 12.8. The molecule has 0 fully saturated rings. The lowest BCUT2D eigenvalue weighted by atomic mass is 10.1. The minimum Gasteiger partial charge on any atom is -0.477 e. The highest BCUT2D eigenvalue weighted by molar-refractivity contribution is 9.11. The van der Waals surface area contributed by atoms with Crippen molar-refractivity contribution < 1.29 is 9.90 Å². The van der Waals surface area contributed by atoms with Crippen LogP contribution in [0, 0.1) is 6.92 Å². The first-order valence-electron chi connectivity index (χ1n) is 4.78. The highest BCUT2D eigenvalue weighted by Crippen LogP contribution is 2.39. The first kappa shape index (κ1) is 12.8. The van der Waals surface area contributed by atoms with Crippen LogP contribution in [0.2, 0.25) is 0 Å². The topological polar surface area (TPSA) is 37.3 Å². The van der Waals surface area contributed by atoms with Crippen molar-refractivity contribution in [3.05, 3.63) is 43.7 Å². The summed E-state index contributed by atoms with van der Waals surface area (Å²) in [5.74, 6) is -0.888. The van der Waals surface area contributed by atoms with Gasteiger partial charge in [-0.1, -0.05) is 31.9 Å². The van der Waals surface area contributed by atoms with E-state index in [1.165, 1.54) is 11.3 Å². The molecule has 0 spiro atoms. The summed E-state index contributed by atoms with van der Waals surface area (Å²) in [6, 6.07) is 7.48. The molecular weight excluding hydrogens is 368 g/mol. The van der Waals surface area contributed by atoms with Crippen molar-refractivity contribution in [1.29, 1.82) is 0 Å². The Labute approximate surface area is 120 Å². The number of rotatable bonds is 2. The average Bonchev–Trinajstić information content (AvgIpc) is 2.65. The zero-order valence-electron chi connectivity index (χ0n) is 8.83. The minimum atomic E-state index is -0.888. The van der Waals surface area contributed by atoms with Crippen molar-refractivity contribution in [1.82, 2.24) is 0 Å². The molecule has 0 aliphatic rings. The van der Waals surface area contributed by atoms with Crippen LogP contribution >= 0.6 is 43.2 Å². The van der Waals surface area contributed by atoms with Crippen LogP contribution in [0.3, 0.4) is 0 Å². The Balaban J connectivity index is 2.56. The predicted molar refractivity (Wildman–Crippen MR) is 76.9 cm³/mol.